The van der Waals surface area contributed by atoms with Crippen LogP contribution in [0.15, 0.2) is 16.0 Å². The molecular weight excluding hydrogens is 360 g/mol. The molecule has 0 radical (unpaired) electrons. The van der Waals surface area contributed by atoms with Gasteiger partial charge in [-0.25, -0.2) is 4.98 Å². The van der Waals surface area contributed by atoms with E-state index in [9.17, 15) is 9.59 Å². The molecule has 1 saturated carbocycles. The molecule has 27 heavy (non-hydrogen) atoms. The van der Waals surface area contributed by atoms with Crippen LogP contribution in [0.4, 0.5) is 0 Å². The zero-order chi connectivity index (χ0) is 19.4. The van der Waals surface area contributed by atoms with E-state index >= 15 is 0 Å². The van der Waals surface area contributed by atoms with Gasteiger partial charge in [-0.05, 0) is 51.0 Å². The summed E-state index contributed by atoms with van der Waals surface area (Å²) in [6.07, 6.45) is 6.39. The molecule has 0 unspecified atom stereocenters. The molecule has 2 N–H and O–H groups in total. The molecule has 2 aromatic heterocycles. The quantitative estimate of drug-likeness (QED) is 0.559. The number of nitrogens with zero attached hydrogens (tertiary/aromatic N) is 2. The van der Waals surface area contributed by atoms with E-state index in [1.165, 1.54) is 24.6 Å². The number of carbonyl (C=O) groups excluding carboxylic acids is 1. The van der Waals surface area contributed by atoms with Crippen molar-refractivity contribution in [2.45, 2.75) is 77.0 Å². The van der Waals surface area contributed by atoms with Crippen molar-refractivity contribution in [3.05, 3.63) is 22.1 Å². The molecule has 0 bridgehead atoms. The lowest BCUT2D eigenvalue weighted by molar-refractivity contribution is -0.119. The second-order valence-corrected chi connectivity index (χ2v) is 8.67. The highest BCUT2D eigenvalue weighted by Gasteiger charge is 2.20. The predicted molar refractivity (Wildman–Crippen MR) is 110 cm³/mol. The van der Waals surface area contributed by atoms with Gasteiger partial charge in [-0.15, -0.1) is 0 Å². The van der Waals surface area contributed by atoms with Crippen LogP contribution < -0.4 is 10.9 Å². The summed E-state index contributed by atoms with van der Waals surface area (Å²) in [5, 5.41) is 3.78. The van der Waals surface area contributed by atoms with E-state index < -0.39 is 0 Å². The van der Waals surface area contributed by atoms with Gasteiger partial charge in [0.25, 0.3) is 5.56 Å². The number of aryl methyl sites for hydroxylation is 1. The maximum Gasteiger partial charge on any atom is 0.278 e. The van der Waals surface area contributed by atoms with Crippen molar-refractivity contribution in [3.63, 3.8) is 0 Å². The first kappa shape index (κ1) is 20.0. The molecule has 0 aromatic carbocycles. The SMILES string of the molecule is CCCCn1c(SCC(=O)NC2CCC(C)CC2)nc2cc(C)[nH]c2c1=O. The van der Waals surface area contributed by atoms with Crippen LogP contribution >= 0.6 is 11.8 Å². The summed E-state index contributed by atoms with van der Waals surface area (Å²) >= 11 is 1.36. The summed E-state index contributed by atoms with van der Waals surface area (Å²) in [6, 6.07) is 2.17. The molecular formula is C20H30N4O2S. The number of aromatic nitrogens is 3. The Morgan fingerprint density at radius 1 is 1.37 bits per heavy atom. The fourth-order valence-corrected chi connectivity index (χ4v) is 4.47. The average molecular weight is 391 g/mol. The van der Waals surface area contributed by atoms with Crippen LogP contribution in [0, 0.1) is 12.8 Å². The Labute approximate surface area is 164 Å². The number of amides is 1. The Morgan fingerprint density at radius 3 is 2.81 bits per heavy atom. The Balaban J connectivity index is 1.71. The van der Waals surface area contributed by atoms with Gasteiger partial charge in [-0.1, -0.05) is 32.0 Å². The van der Waals surface area contributed by atoms with Gasteiger partial charge in [0.1, 0.15) is 5.52 Å². The summed E-state index contributed by atoms with van der Waals surface area (Å²) < 4.78 is 1.71. The summed E-state index contributed by atoms with van der Waals surface area (Å²) in [4.78, 5) is 33.0. The van der Waals surface area contributed by atoms with Crippen molar-refractivity contribution in [2.75, 3.05) is 5.75 Å². The number of unbranched alkanes of at least 4 members (excludes halogenated alkanes) is 1. The van der Waals surface area contributed by atoms with Crippen molar-refractivity contribution in [2.24, 2.45) is 5.92 Å². The lowest BCUT2D eigenvalue weighted by atomic mass is 9.87. The Morgan fingerprint density at radius 2 is 2.11 bits per heavy atom. The van der Waals surface area contributed by atoms with Crippen LogP contribution in [0.25, 0.3) is 11.0 Å². The van der Waals surface area contributed by atoms with E-state index in [0.29, 0.717) is 34.5 Å². The lowest BCUT2D eigenvalue weighted by Gasteiger charge is -2.26. The molecule has 0 aliphatic heterocycles. The third-order valence-electron chi connectivity index (χ3n) is 5.29. The van der Waals surface area contributed by atoms with Gasteiger partial charge in [0.2, 0.25) is 5.91 Å². The standard InChI is InChI=1S/C20H30N4O2S/c1-4-5-10-24-19(26)18-16(11-14(3)21-18)23-20(24)27-12-17(25)22-15-8-6-13(2)7-9-15/h11,13,15,21H,4-10,12H2,1-3H3,(H,22,25). The van der Waals surface area contributed by atoms with E-state index in [-0.39, 0.29) is 11.5 Å². The maximum atomic E-state index is 12.8. The first-order valence-corrected chi connectivity index (χ1v) is 11.0. The van der Waals surface area contributed by atoms with Crippen LogP contribution in [0.1, 0.15) is 58.1 Å². The summed E-state index contributed by atoms with van der Waals surface area (Å²) in [6.45, 7) is 6.92. The third-order valence-corrected chi connectivity index (χ3v) is 6.26. The van der Waals surface area contributed by atoms with Crippen molar-refractivity contribution in [3.8, 4) is 0 Å². The van der Waals surface area contributed by atoms with E-state index in [4.69, 9.17) is 0 Å². The average Bonchev–Trinajstić information content (AvgIpc) is 3.02. The summed E-state index contributed by atoms with van der Waals surface area (Å²) in [7, 11) is 0. The fraction of sp³-hybridized carbons (Fsp3) is 0.650. The minimum atomic E-state index is -0.0503. The van der Waals surface area contributed by atoms with Gasteiger partial charge >= 0.3 is 0 Å². The molecule has 2 aromatic rings. The Bertz CT molecular complexity index is 850. The first-order chi connectivity index (χ1) is 13.0. The zero-order valence-electron chi connectivity index (χ0n) is 16.5. The van der Waals surface area contributed by atoms with E-state index in [0.717, 1.165) is 37.3 Å². The van der Waals surface area contributed by atoms with Crippen LogP contribution in [-0.4, -0.2) is 32.2 Å². The molecule has 1 aliphatic carbocycles. The minimum absolute atomic E-state index is 0.0289. The zero-order valence-corrected chi connectivity index (χ0v) is 17.3. The normalized spacial score (nSPS) is 20.1. The highest BCUT2D eigenvalue weighted by molar-refractivity contribution is 7.99. The number of H-pyrrole nitrogens is 1. The number of fused-ring (bicyclic) bond motifs is 1. The van der Waals surface area contributed by atoms with Crippen molar-refractivity contribution >= 4 is 28.7 Å². The number of nitrogens with one attached hydrogen (secondary N) is 2. The molecule has 1 aliphatic rings. The third kappa shape index (κ3) is 4.94. The van der Waals surface area contributed by atoms with E-state index in [1.807, 2.05) is 13.0 Å². The monoisotopic (exact) mass is 390 g/mol. The summed E-state index contributed by atoms with van der Waals surface area (Å²) in [5.74, 6) is 1.09. The minimum Gasteiger partial charge on any atom is -0.353 e. The fourth-order valence-electron chi connectivity index (χ4n) is 3.64. The number of hydrogen-bond donors (Lipinski definition) is 2. The van der Waals surface area contributed by atoms with Gasteiger partial charge < -0.3 is 10.3 Å². The topological polar surface area (TPSA) is 79.8 Å². The molecule has 0 atom stereocenters. The van der Waals surface area contributed by atoms with Crippen LogP contribution in [0.3, 0.4) is 0 Å². The van der Waals surface area contributed by atoms with Crippen LogP contribution in [-0.2, 0) is 11.3 Å². The first-order valence-electron chi connectivity index (χ1n) is 10.00. The Hall–Kier alpha value is -1.76. The predicted octanol–water partition coefficient (Wildman–Crippen LogP) is 3.62. The molecule has 3 rings (SSSR count). The molecule has 0 saturated heterocycles. The molecule has 2 heterocycles. The van der Waals surface area contributed by atoms with Gasteiger partial charge in [-0.2, -0.15) is 0 Å². The second kappa shape index (κ2) is 8.95. The number of carbonyl (C=O) groups is 1. The second-order valence-electron chi connectivity index (χ2n) is 7.73. The molecule has 1 amide bonds. The number of rotatable bonds is 7. The summed E-state index contributed by atoms with van der Waals surface area (Å²) in [5.41, 5.74) is 2.09. The van der Waals surface area contributed by atoms with Gasteiger partial charge in [0.05, 0.1) is 11.3 Å². The molecule has 7 heteroatoms. The molecule has 1 fully saturated rings. The highest BCUT2D eigenvalue weighted by atomic mass is 32.2. The molecule has 6 nitrogen and oxygen atoms in total. The van der Waals surface area contributed by atoms with E-state index in [2.05, 4.69) is 29.1 Å². The van der Waals surface area contributed by atoms with Crippen molar-refractivity contribution in [1.82, 2.24) is 19.9 Å². The highest BCUT2D eigenvalue weighted by Crippen LogP contribution is 2.24. The van der Waals surface area contributed by atoms with Crippen LogP contribution in [0.5, 0.6) is 0 Å². The van der Waals surface area contributed by atoms with Gasteiger partial charge in [0.15, 0.2) is 5.16 Å². The smallest absolute Gasteiger partial charge is 0.278 e. The Kier molecular flexibility index (Phi) is 6.63. The van der Waals surface area contributed by atoms with Gasteiger partial charge in [-0.3, -0.25) is 14.2 Å². The number of aromatic amines is 1. The lowest BCUT2D eigenvalue weighted by Crippen LogP contribution is -2.38. The van der Waals surface area contributed by atoms with E-state index in [1.54, 1.807) is 4.57 Å². The number of hydrogen-bond acceptors (Lipinski definition) is 4. The molecule has 148 valence electrons. The number of thioether (sulfide) groups is 1. The largest absolute Gasteiger partial charge is 0.353 e. The van der Waals surface area contributed by atoms with Crippen LogP contribution in [0.2, 0.25) is 0 Å². The van der Waals surface area contributed by atoms with Crippen molar-refractivity contribution < 1.29 is 4.79 Å². The molecule has 0 spiro atoms. The van der Waals surface area contributed by atoms with Crippen molar-refractivity contribution in [1.29, 1.82) is 0 Å². The maximum absolute atomic E-state index is 12.8. The van der Waals surface area contributed by atoms with Gasteiger partial charge in [0, 0.05) is 18.3 Å².